The standard InChI is InChI=1S/C58H42/c1-58(2,3)57-52-25-13-12-24-50(52)55(43-32-29-37-15-4-5-17-41(37)35-43)51-34-33-42(36-53(51)57)38-27-30-40(31-28-38)54-46-20-8-10-22-48(46)56(49-23-11-9-21-47(49)54)45-26-14-18-39-16-6-7-19-44(39)45/h4-36H,1-3H3. The van der Waals surface area contributed by atoms with E-state index in [0.29, 0.717) is 0 Å². The van der Waals surface area contributed by atoms with Crippen molar-refractivity contribution in [3.8, 4) is 44.5 Å². The molecule has 0 saturated heterocycles. The third-order valence-electron chi connectivity index (χ3n) is 12.3. The molecule has 0 radical (unpaired) electrons. The molecule has 0 aromatic heterocycles. The molecule has 0 N–H and O–H groups in total. The molecule has 0 aliphatic heterocycles. The van der Waals surface area contributed by atoms with Crippen molar-refractivity contribution in [2.24, 2.45) is 0 Å². The highest BCUT2D eigenvalue weighted by Crippen LogP contribution is 2.47. The lowest BCUT2D eigenvalue weighted by molar-refractivity contribution is 0.601. The third-order valence-corrected chi connectivity index (χ3v) is 12.3. The fourth-order valence-corrected chi connectivity index (χ4v) is 9.82. The number of rotatable bonds is 4. The Hall–Kier alpha value is -7.02. The lowest BCUT2D eigenvalue weighted by atomic mass is 9.77. The second-order valence-corrected chi connectivity index (χ2v) is 16.8. The van der Waals surface area contributed by atoms with Crippen molar-refractivity contribution in [3.05, 3.63) is 206 Å². The maximum atomic E-state index is 2.45. The average Bonchev–Trinajstić information content (AvgIpc) is 3.26. The molecule has 0 amide bonds. The maximum absolute atomic E-state index is 2.45. The summed E-state index contributed by atoms with van der Waals surface area (Å²) < 4.78 is 0. The highest BCUT2D eigenvalue weighted by molar-refractivity contribution is 6.23. The molecule has 11 aromatic carbocycles. The van der Waals surface area contributed by atoms with E-state index in [2.05, 4.69) is 221 Å². The molecule has 0 spiro atoms. The highest BCUT2D eigenvalue weighted by Gasteiger charge is 2.24. The van der Waals surface area contributed by atoms with Crippen molar-refractivity contribution in [2.45, 2.75) is 26.2 Å². The zero-order valence-corrected chi connectivity index (χ0v) is 33.1. The van der Waals surface area contributed by atoms with E-state index < -0.39 is 0 Å². The van der Waals surface area contributed by atoms with Crippen LogP contribution in [0.25, 0.3) is 109 Å². The van der Waals surface area contributed by atoms with Gasteiger partial charge in [0.05, 0.1) is 0 Å². The van der Waals surface area contributed by atoms with Crippen LogP contribution in [-0.2, 0) is 5.41 Å². The molecule has 11 aromatic rings. The molecule has 0 heterocycles. The Labute approximate surface area is 339 Å². The van der Waals surface area contributed by atoms with Gasteiger partial charge >= 0.3 is 0 Å². The van der Waals surface area contributed by atoms with Gasteiger partial charge in [-0.3, -0.25) is 0 Å². The molecule has 11 rings (SSSR count). The predicted molar refractivity (Wildman–Crippen MR) is 252 cm³/mol. The lowest BCUT2D eigenvalue weighted by Gasteiger charge is -2.26. The minimum absolute atomic E-state index is 0.0669. The van der Waals surface area contributed by atoms with Crippen LogP contribution in [0.4, 0.5) is 0 Å². The van der Waals surface area contributed by atoms with Crippen LogP contribution >= 0.6 is 0 Å². The number of hydrogen-bond acceptors (Lipinski definition) is 0. The predicted octanol–water partition coefficient (Wildman–Crippen LogP) is 16.6. The van der Waals surface area contributed by atoms with Crippen LogP contribution in [0.1, 0.15) is 26.3 Å². The van der Waals surface area contributed by atoms with Crippen molar-refractivity contribution >= 4 is 64.6 Å². The van der Waals surface area contributed by atoms with Crippen molar-refractivity contribution in [2.75, 3.05) is 0 Å². The number of hydrogen-bond donors (Lipinski definition) is 0. The summed E-state index contributed by atoms with van der Waals surface area (Å²) in [7, 11) is 0. The Bertz CT molecular complexity index is 3350. The van der Waals surface area contributed by atoms with Gasteiger partial charge in [-0.2, -0.15) is 0 Å². The molecule has 0 saturated carbocycles. The second kappa shape index (κ2) is 13.3. The molecular formula is C58H42. The van der Waals surface area contributed by atoms with Gasteiger partial charge in [-0.15, -0.1) is 0 Å². The normalized spacial score (nSPS) is 12.1. The molecule has 0 unspecified atom stereocenters. The summed E-state index contributed by atoms with van der Waals surface area (Å²) in [6.45, 7) is 7.06. The Morgan fingerprint density at radius 3 is 1.36 bits per heavy atom. The molecule has 274 valence electrons. The van der Waals surface area contributed by atoms with E-state index in [1.807, 2.05) is 0 Å². The Morgan fingerprint density at radius 1 is 0.259 bits per heavy atom. The largest absolute Gasteiger partial charge is 0.0616 e. The van der Waals surface area contributed by atoms with E-state index >= 15 is 0 Å². The highest BCUT2D eigenvalue weighted by atomic mass is 14.3. The topological polar surface area (TPSA) is 0 Å². The number of benzene rings is 11. The summed E-state index contributed by atoms with van der Waals surface area (Å²) in [5.74, 6) is 0. The van der Waals surface area contributed by atoms with Crippen LogP contribution in [0.5, 0.6) is 0 Å². The maximum Gasteiger partial charge on any atom is -0.00201 e. The summed E-state index contributed by atoms with van der Waals surface area (Å²) in [5.41, 5.74) is 11.4. The quantitative estimate of drug-likeness (QED) is 0.158. The average molecular weight is 739 g/mol. The molecule has 0 aliphatic carbocycles. The van der Waals surface area contributed by atoms with E-state index in [-0.39, 0.29) is 5.41 Å². The second-order valence-electron chi connectivity index (χ2n) is 16.8. The first-order valence-electron chi connectivity index (χ1n) is 20.4. The first-order chi connectivity index (χ1) is 28.4. The molecule has 0 aliphatic rings. The molecule has 0 atom stereocenters. The fraction of sp³-hybridized carbons (Fsp3) is 0.0690. The van der Waals surface area contributed by atoms with Crippen LogP contribution in [0.15, 0.2) is 200 Å². The molecule has 58 heavy (non-hydrogen) atoms. The molecule has 0 bridgehead atoms. The van der Waals surface area contributed by atoms with E-state index in [9.17, 15) is 0 Å². The molecular weight excluding hydrogens is 697 g/mol. The van der Waals surface area contributed by atoms with Crippen LogP contribution in [0.2, 0.25) is 0 Å². The van der Waals surface area contributed by atoms with Gasteiger partial charge in [0.1, 0.15) is 0 Å². The summed E-state index contributed by atoms with van der Waals surface area (Å²) in [5, 5.41) is 15.4. The summed E-state index contributed by atoms with van der Waals surface area (Å²) >= 11 is 0. The zero-order chi connectivity index (χ0) is 39.0. The first kappa shape index (κ1) is 34.2. The Morgan fingerprint density at radius 2 is 0.707 bits per heavy atom. The molecule has 0 fully saturated rings. The first-order valence-corrected chi connectivity index (χ1v) is 20.4. The lowest BCUT2D eigenvalue weighted by Crippen LogP contribution is -2.13. The SMILES string of the molecule is CC(C)(C)c1c2ccccc2c(-c2ccc3ccccc3c2)c2ccc(-c3ccc(-c4c5ccccc5c(-c5cccc6ccccc56)c5ccccc45)cc3)cc12. The van der Waals surface area contributed by atoms with Gasteiger partial charge < -0.3 is 0 Å². The van der Waals surface area contributed by atoms with Gasteiger partial charge in [-0.25, -0.2) is 0 Å². The minimum Gasteiger partial charge on any atom is -0.0616 e. The van der Waals surface area contributed by atoms with E-state index in [0.717, 1.165) is 0 Å². The summed E-state index contributed by atoms with van der Waals surface area (Å²) in [6.07, 6.45) is 0. The number of fused-ring (bicyclic) bond motifs is 6. The van der Waals surface area contributed by atoms with Crippen molar-refractivity contribution in [1.29, 1.82) is 0 Å². The fourth-order valence-electron chi connectivity index (χ4n) is 9.82. The van der Waals surface area contributed by atoms with Crippen molar-refractivity contribution < 1.29 is 0 Å². The van der Waals surface area contributed by atoms with Crippen molar-refractivity contribution in [1.82, 2.24) is 0 Å². The van der Waals surface area contributed by atoms with Gasteiger partial charge in [0, 0.05) is 0 Å². The van der Waals surface area contributed by atoms with Gasteiger partial charge in [-0.05, 0) is 132 Å². The minimum atomic E-state index is -0.0669. The van der Waals surface area contributed by atoms with E-state index in [4.69, 9.17) is 0 Å². The van der Waals surface area contributed by atoms with Gasteiger partial charge in [0.2, 0.25) is 0 Å². The van der Waals surface area contributed by atoms with E-state index in [1.54, 1.807) is 0 Å². The Balaban J connectivity index is 1.10. The molecule has 0 nitrogen and oxygen atoms in total. The molecule has 0 heteroatoms. The van der Waals surface area contributed by atoms with Gasteiger partial charge in [0.15, 0.2) is 0 Å². The van der Waals surface area contributed by atoms with Gasteiger partial charge in [0.25, 0.3) is 0 Å². The van der Waals surface area contributed by atoms with Crippen LogP contribution in [0.3, 0.4) is 0 Å². The van der Waals surface area contributed by atoms with Crippen molar-refractivity contribution in [3.63, 3.8) is 0 Å². The smallest absolute Gasteiger partial charge is 0.00201 e. The van der Waals surface area contributed by atoms with Gasteiger partial charge in [-0.1, -0.05) is 209 Å². The third kappa shape index (κ3) is 5.44. The zero-order valence-electron chi connectivity index (χ0n) is 33.1. The Kier molecular flexibility index (Phi) is 7.85. The summed E-state index contributed by atoms with van der Waals surface area (Å²) in [4.78, 5) is 0. The monoisotopic (exact) mass is 738 g/mol. The van der Waals surface area contributed by atoms with Crippen LogP contribution < -0.4 is 0 Å². The van der Waals surface area contributed by atoms with E-state index in [1.165, 1.54) is 115 Å². The van der Waals surface area contributed by atoms with Crippen LogP contribution in [-0.4, -0.2) is 0 Å². The van der Waals surface area contributed by atoms with Crippen LogP contribution in [0, 0.1) is 0 Å². The summed E-state index contributed by atoms with van der Waals surface area (Å²) in [6, 6.07) is 74.4.